The first kappa shape index (κ1) is 55.0. The molecule has 0 bridgehead atoms. The Morgan fingerprint density at radius 1 is 0.909 bits per heavy atom. The van der Waals surface area contributed by atoms with Crippen molar-refractivity contribution >= 4 is 63.2 Å². The van der Waals surface area contributed by atoms with Gasteiger partial charge >= 0.3 is 17.9 Å². The maximum Gasteiger partial charge on any atom is 0.335 e. The van der Waals surface area contributed by atoms with Crippen LogP contribution in [-0.4, -0.2) is 171 Å². The van der Waals surface area contributed by atoms with Crippen molar-refractivity contribution < 1.29 is 91.1 Å². The number of aliphatic hydroxyl groups is 3. The zero-order valence-corrected chi connectivity index (χ0v) is 38.2. The molecule has 25 heteroatoms. The van der Waals surface area contributed by atoms with Crippen LogP contribution in [0.15, 0.2) is 18.2 Å². The van der Waals surface area contributed by atoms with E-state index in [9.17, 15) is 67.2 Å². The molecule has 2 saturated heterocycles. The maximum absolute atomic E-state index is 13.5. The largest absolute Gasteiger partial charge is 0.481 e. The fourth-order valence-electron chi connectivity index (χ4n) is 6.89. The number of benzene rings is 1. The lowest BCUT2D eigenvalue weighted by atomic mass is 9.91. The summed E-state index contributed by atoms with van der Waals surface area (Å²) in [7, 11) is -4.38. The molecule has 2 aliphatic rings. The van der Waals surface area contributed by atoms with E-state index in [4.69, 9.17) is 23.9 Å². The Morgan fingerprint density at radius 2 is 1.58 bits per heavy atom. The highest BCUT2D eigenvalue weighted by molar-refractivity contribution is 7.85. The standard InChI is InChI=1S/C41H61N5O19S/c1-20(2)31(45-29(48)17-46-25(19-63-13-14-66(60,61)62)16-26(38(46)56)44-28(47)11-12-30(49)50)37(55)42-21(3)36(54)43-24-9-7-23(18-64-40(59)41(4,5)6)22(15-24)8-10-27-32(51)33(52)34(53)35(65-27)39(57)58/h7,9,15,20-21,25-27,31-35,51-53H,8,10-14,16-19H2,1-6H3,(H,42,55)(H,43,54)(H,44,47)(H,45,48)(H,49,50)(H,57,58)(H,60,61,62)/t21-,25-,26-,27-,31?,32-,33+,34-,35-/m0/s1. The second-order valence-corrected chi connectivity index (χ2v) is 19.1. The monoisotopic (exact) mass is 959 g/mol. The Labute approximate surface area is 380 Å². The van der Waals surface area contributed by atoms with Gasteiger partial charge in [-0.3, -0.25) is 38.1 Å². The number of amides is 5. The van der Waals surface area contributed by atoms with Gasteiger partial charge in [-0.1, -0.05) is 19.9 Å². The molecular formula is C41H61N5O19S. The molecule has 0 aliphatic carbocycles. The van der Waals surface area contributed by atoms with Gasteiger partial charge < -0.3 is 65.9 Å². The van der Waals surface area contributed by atoms with Crippen molar-refractivity contribution in [2.45, 2.75) is 135 Å². The lowest BCUT2D eigenvalue weighted by molar-refractivity contribution is -0.228. The highest BCUT2D eigenvalue weighted by Gasteiger charge is 2.47. The number of anilines is 1. The van der Waals surface area contributed by atoms with Crippen LogP contribution in [0.25, 0.3) is 0 Å². The summed E-state index contributed by atoms with van der Waals surface area (Å²) in [5.74, 6) is -8.43. The third-order valence-corrected chi connectivity index (χ3v) is 11.3. The van der Waals surface area contributed by atoms with Crippen LogP contribution in [-0.2, 0) is 75.7 Å². The lowest BCUT2D eigenvalue weighted by Gasteiger charge is -2.39. The van der Waals surface area contributed by atoms with Crippen LogP contribution in [0.5, 0.6) is 0 Å². The van der Waals surface area contributed by atoms with Gasteiger partial charge in [0.2, 0.25) is 29.5 Å². The van der Waals surface area contributed by atoms with E-state index in [0.717, 1.165) is 4.90 Å². The molecule has 0 aromatic heterocycles. The quantitative estimate of drug-likeness (QED) is 0.0325. The molecule has 66 heavy (non-hydrogen) atoms. The van der Waals surface area contributed by atoms with Gasteiger partial charge in [0.1, 0.15) is 43.0 Å². The number of ether oxygens (including phenoxy) is 3. The van der Waals surface area contributed by atoms with Crippen LogP contribution >= 0.6 is 0 Å². The molecule has 0 radical (unpaired) electrons. The van der Waals surface area contributed by atoms with E-state index in [2.05, 4.69) is 21.3 Å². The summed E-state index contributed by atoms with van der Waals surface area (Å²) < 4.78 is 47.5. The van der Waals surface area contributed by atoms with Crippen molar-refractivity contribution in [3.8, 4) is 0 Å². The third-order valence-electron chi connectivity index (χ3n) is 10.7. The first-order valence-electron chi connectivity index (χ1n) is 21.1. The van der Waals surface area contributed by atoms with Gasteiger partial charge in [0.15, 0.2) is 6.10 Å². The highest BCUT2D eigenvalue weighted by Crippen LogP contribution is 2.28. The molecule has 2 heterocycles. The minimum Gasteiger partial charge on any atom is -0.481 e. The van der Waals surface area contributed by atoms with Crippen molar-refractivity contribution in [2.75, 3.05) is 30.8 Å². The number of carbonyl (C=O) groups is 8. The van der Waals surface area contributed by atoms with Crippen LogP contribution in [0.3, 0.4) is 0 Å². The van der Waals surface area contributed by atoms with E-state index in [-0.39, 0.29) is 38.2 Å². The summed E-state index contributed by atoms with van der Waals surface area (Å²) in [5, 5.41) is 59.5. The molecular weight excluding hydrogens is 899 g/mol. The summed E-state index contributed by atoms with van der Waals surface area (Å²) >= 11 is 0. The van der Waals surface area contributed by atoms with E-state index in [1.165, 1.54) is 19.1 Å². The maximum atomic E-state index is 13.5. The van der Waals surface area contributed by atoms with Crippen molar-refractivity contribution in [2.24, 2.45) is 11.3 Å². The Kier molecular flexibility index (Phi) is 20.0. The number of rotatable bonds is 23. The number of aryl methyl sites for hydroxylation is 1. The van der Waals surface area contributed by atoms with Crippen LogP contribution in [0, 0.1) is 11.3 Å². The molecule has 0 spiro atoms. The number of carboxylic acids is 2. The smallest absolute Gasteiger partial charge is 0.335 e. The van der Waals surface area contributed by atoms with Crippen molar-refractivity contribution in [1.29, 1.82) is 0 Å². The van der Waals surface area contributed by atoms with Crippen LogP contribution < -0.4 is 21.3 Å². The topological polar surface area (TPSA) is 371 Å². The zero-order chi connectivity index (χ0) is 49.8. The summed E-state index contributed by atoms with van der Waals surface area (Å²) in [5.41, 5.74) is 0.315. The average Bonchev–Trinajstić information content (AvgIpc) is 3.49. The van der Waals surface area contributed by atoms with Crippen molar-refractivity contribution in [3.05, 3.63) is 29.3 Å². The second-order valence-electron chi connectivity index (χ2n) is 17.5. The molecule has 10 N–H and O–H groups in total. The molecule has 0 saturated carbocycles. The highest BCUT2D eigenvalue weighted by atomic mass is 32.2. The molecule has 1 unspecified atom stereocenters. The number of esters is 1. The molecule has 24 nitrogen and oxygen atoms in total. The van der Waals surface area contributed by atoms with Gasteiger partial charge in [-0.15, -0.1) is 0 Å². The Bertz CT molecular complexity index is 2060. The van der Waals surface area contributed by atoms with Gasteiger partial charge in [0.05, 0.1) is 49.5 Å². The lowest BCUT2D eigenvalue weighted by Crippen LogP contribution is -2.59. The Hall–Kier alpha value is -5.31. The number of likely N-dealkylation sites (tertiary alicyclic amines) is 1. The number of aliphatic carboxylic acids is 2. The molecule has 1 aromatic carbocycles. The van der Waals surface area contributed by atoms with Gasteiger partial charge in [0, 0.05) is 12.1 Å². The number of aliphatic hydroxyl groups excluding tert-OH is 3. The summed E-state index contributed by atoms with van der Waals surface area (Å²) in [6, 6.07) is 0.0356. The molecule has 9 atom stereocenters. The van der Waals surface area contributed by atoms with Crippen molar-refractivity contribution in [1.82, 2.24) is 20.9 Å². The molecule has 2 fully saturated rings. The Morgan fingerprint density at radius 3 is 2.17 bits per heavy atom. The van der Waals surface area contributed by atoms with Gasteiger partial charge in [0.25, 0.3) is 10.1 Å². The normalized spacial score (nSPS) is 23.1. The molecule has 5 amide bonds. The van der Waals surface area contributed by atoms with E-state index < -0.39 is 155 Å². The van der Waals surface area contributed by atoms with Crippen LogP contribution in [0.1, 0.15) is 78.4 Å². The van der Waals surface area contributed by atoms with Gasteiger partial charge in [-0.25, -0.2) is 4.79 Å². The van der Waals surface area contributed by atoms with Gasteiger partial charge in [-0.05, 0) is 76.1 Å². The first-order valence-corrected chi connectivity index (χ1v) is 22.7. The van der Waals surface area contributed by atoms with E-state index in [1.54, 1.807) is 40.7 Å². The third kappa shape index (κ3) is 16.5. The van der Waals surface area contributed by atoms with Gasteiger partial charge in [-0.2, -0.15) is 8.42 Å². The number of nitrogens with zero attached hydrogens (tertiary/aromatic N) is 1. The summed E-state index contributed by atoms with van der Waals surface area (Å²) in [6.07, 6.45) is -9.50. The predicted octanol–water partition coefficient (Wildman–Crippen LogP) is -1.92. The average molecular weight is 960 g/mol. The number of hydrogen-bond acceptors (Lipinski definition) is 16. The first-order chi connectivity index (χ1) is 30.6. The predicted molar refractivity (Wildman–Crippen MR) is 227 cm³/mol. The van der Waals surface area contributed by atoms with Crippen LogP contribution in [0.2, 0.25) is 0 Å². The minimum absolute atomic E-state index is 0.0397. The fourth-order valence-corrected chi connectivity index (χ4v) is 7.22. The molecule has 370 valence electrons. The van der Waals surface area contributed by atoms with E-state index in [1.807, 2.05) is 0 Å². The summed E-state index contributed by atoms with van der Waals surface area (Å²) in [6.45, 7) is 7.93. The second kappa shape index (κ2) is 23.9. The fraction of sp³-hybridized carbons (Fsp3) is 0.659. The molecule has 1 aromatic rings. The SMILES string of the molecule is CC(C)C(NC(=O)CN1C(=O)[C@@H](NC(=O)CCC(=O)O)C[C@H]1COCCS(=O)(=O)O)C(=O)N[C@@H](C)C(=O)Nc1ccc(COC(=O)C(C)(C)C)c(CC[C@@H]2O[C@H](C(=O)O)[C@@H](O)[C@H](O)[C@H]2O)c1. The Balaban J connectivity index is 1.72. The zero-order valence-electron chi connectivity index (χ0n) is 37.4. The number of carbonyl (C=O) groups excluding carboxylic acids is 6. The molecule has 3 rings (SSSR count). The van der Waals surface area contributed by atoms with E-state index in [0.29, 0.717) is 11.1 Å². The number of carboxylic acid groups (broad SMARTS) is 2. The number of nitrogens with one attached hydrogen (secondary N) is 4. The van der Waals surface area contributed by atoms with Crippen molar-refractivity contribution in [3.63, 3.8) is 0 Å². The molecule has 2 aliphatic heterocycles. The summed E-state index contributed by atoms with van der Waals surface area (Å²) in [4.78, 5) is 102. The van der Waals surface area contributed by atoms with E-state index >= 15 is 0 Å². The minimum atomic E-state index is -4.38. The van der Waals surface area contributed by atoms with Crippen LogP contribution in [0.4, 0.5) is 5.69 Å². The number of hydrogen-bond donors (Lipinski definition) is 10.